The molecule has 0 heterocycles. The molecule has 0 bridgehead atoms. The van der Waals surface area contributed by atoms with Gasteiger partial charge >= 0.3 is 0 Å². The number of hydrogen-bond acceptors (Lipinski definition) is 1. The highest BCUT2D eigenvalue weighted by Crippen LogP contribution is 2.14. The molecule has 0 saturated heterocycles. The van der Waals surface area contributed by atoms with Crippen LogP contribution in [0.15, 0.2) is 24.3 Å². The van der Waals surface area contributed by atoms with Crippen molar-refractivity contribution in [3.05, 3.63) is 29.8 Å². The Balaban J connectivity index is 2.49. The molecule has 0 unspecified atom stereocenters. The van der Waals surface area contributed by atoms with Crippen LogP contribution in [0, 0.1) is 5.92 Å². The predicted octanol–water partition coefficient (Wildman–Crippen LogP) is 3.46. The molecule has 1 nitrogen and oxygen atoms in total. The summed E-state index contributed by atoms with van der Waals surface area (Å²) >= 11 is 5.67. The van der Waals surface area contributed by atoms with Gasteiger partial charge in [-0.15, -0.1) is 11.6 Å². The lowest BCUT2D eigenvalue weighted by Crippen LogP contribution is -2.04. The van der Waals surface area contributed by atoms with Crippen molar-refractivity contribution in [2.45, 2.75) is 19.7 Å². The van der Waals surface area contributed by atoms with Crippen LogP contribution in [0.3, 0.4) is 0 Å². The molecule has 2 heteroatoms. The van der Waals surface area contributed by atoms with Gasteiger partial charge in [0.1, 0.15) is 5.75 Å². The van der Waals surface area contributed by atoms with Gasteiger partial charge in [-0.25, -0.2) is 0 Å². The molecule has 0 atom stereocenters. The van der Waals surface area contributed by atoms with Gasteiger partial charge < -0.3 is 4.74 Å². The Morgan fingerprint density at radius 1 is 1.23 bits per heavy atom. The molecule has 0 aliphatic rings. The van der Waals surface area contributed by atoms with Crippen molar-refractivity contribution in [2.24, 2.45) is 5.92 Å². The molecule has 1 aromatic carbocycles. The summed E-state index contributed by atoms with van der Waals surface area (Å²) in [6.45, 7) is 5.03. The van der Waals surface area contributed by atoms with Crippen LogP contribution in [-0.4, -0.2) is 6.61 Å². The standard InChI is InChI=1S/C11H15ClO/c1-9(2)8-13-11-5-3-10(7-12)4-6-11/h3-6,9H,7-8H2,1-2H3. The Hall–Kier alpha value is -0.690. The highest BCUT2D eigenvalue weighted by atomic mass is 35.5. The molecule has 72 valence electrons. The van der Waals surface area contributed by atoms with Crippen molar-refractivity contribution in [3.63, 3.8) is 0 Å². The van der Waals surface area contributed by atoms with Crippen LogP contribution in [0.2, 0.25) is 0 Å². The summed E-state index contributed by atoms with van der Waals surface area (Å²) in [5, 5.41) is 0. The van der Waals surface area contributed by atoms with Gasteiger partial charge in [0, 0.05) is 5.88 Å². The predicted molar refractivity (Wildman–Crippen MR) is 56.3 cm³/mol. The van der Waals surface area contributed by atoms with Gasteiger partial charge in [0.05, 0.1) is 6.61 Å². The molecular weight excluding hydrogens is 184 g/mol. The summed E-state index contributed by atoms with van der Waals surface area (Å²) in [4.78, 5) is 0. The molecule has 0 amide bonds. The van der Waals surface area contributed by atoms with E-state index in [4.69, 9.17) is 16.3 Å². The number of halogens is 1. The SMILES string of the molecule is CC(C)COc1ccc(CCl)cc1. The molecule has 0 fully saturated rings. The third-order valence-corrected chi connectivity index (χ3v) is 1.97. The van der Waals surface area contributed by atoms with Crippen molar-refractivity contribution < 1.29 is 4.74 Å². The van der Waals surface area contributed by atoms with E-state index < -0.39 is 0 Å². The highest BCUT2D eigenvalue weighted by Gasteiger charge is 1.96. The largest absolute Gasteiger partial charge is 0.493 e. The Morgan fingerprint density at radius 3 is 2.31 bits per heavy atom. The number of hydrogen-bond donors (Lipinski definition) is 0. The van der Waals surface area contributed by atoms with E-state index >= 15 is 0 Å². The molecule has 0 radical (unpaired) electrons. The van der Waals surface area contributed by atoms with Gasteiger partial charge in [-0.3, -0.25) is 0 Å². The van der Waals surface area contributed by atoms with E-state index in [-0.39, 0.29) is 0 Å². The van der Waals surface area contributed by atoms with Crippen LogP contribution in [0.5, 0.6) is 5.75 Å². The zero-order chi connectivity index (χ0) is 9.68. The van der Waals surface area contributed by atoms with E-state index in [1.165, 1.54) is 0 Å². The number of rotatable bonds is 4. The minimum atomic E-state index is 0.560. The fourth-order valence-electron chi connectivity index (χ4n) is 0.938. The third-order valence-electron chi connectivity index (χ3n) is 1.66. The average molecular weight is 199 g/mol. The maximum atomic E-state index is 5.67. The number of ether oxygens (including phenoxy) is 1. The zero-order valence-corrected chi connectivity index (χ0v) is 8.84. The van der Waals surface area contributed by atoms with Gasteiger partial charge in [0.2, 0.25) is 0 Å². The minimum absolute atomic E-state index is 0.560. The van der Waals surface area contributed by atoms with Gasteiger partial charge in [-0.05, 0) is 23.6 Å². The van der Waals surface area contributed by atoms with Crippen molar-refractivity contribution in [1.29, 1.82) is 0 Å². The summed E-state index contributed by atoms with van der Waals surface area (Å²) in [5.41, 5.74) is 1.12. The first-order valence-electron chi connectivity index (χ1n) is 4.50. The normalized spacial score (nSPS) is 10.5. The summed E-state index contributed by atoms with van der Waals surface area (Å²) < 4.78 is 5.52. The average Bonchev–Trinajstić information content (AvgIpc) is 2.15. The van der Waals surface area contributed by atoms with E-state index in [9.17, 15) is 0 Å². The fourth-order valence-corrected chi connectivity index (χ4v) is 1.12. The Bertz CT molecular complexity index is 241. The van der Waals surface area contributed by atoms with Crippen molar-refractivity contribution in [3.8, 4) is 5.75 Å². The second-order valence-electron chi connectivity index (χ2n) is 3.48. The van der Waals surface area contributed by atoms with Crippen molar-refractivity contribution >= 4 is 11.6 Å². The topological polar surface area (TPSA) is 9.23 Å². The van der Waals surface area contributed by atoms with Gasteiger partial charge in [-0.2, -0.15) is 0 Å². The second-order valence-corrected chi connectivity index (χ2v) is 3.75. The Morgan fingerprint density at radius 2 is 1.85 bits per heavy atom. The molecular formula is C11H15ClO. The monoisotopic (exact) mass is 198 g/mol. The first-order chi connectivity index (χ1) is 6.22. The van der Waals surface area contributed by atoms with E-state index in [0.717, 1.165) is 17.9 Å². The highest BCUT2D eigenvalue weighted by molar-refractivity contribution is 6.17. The summed E-state index contributed by atoms with van der Waals surface area (Å²) in [7, 11) is 0. The molecule has 0 saturated carbocycles. The zero-order valence-electron chi connectivity index (χ0n) is 8.09. The van der Waals surface area contributed by atoms with Crippen LogP contribution < -0.4 is 4.74 Å². The molecule has 0 aliphatic heterocycles. The van der Waals surface area contributed by atoms with E-state index in [1.54, 1.807) is 0 Å². The first kappa shape index (κ1) is 10.4. The Kier molecular flexibility index (Phi) is 4.10. The molecule has 0 aliphatic carbocycles. The molecule has 13 heavy (non-hydrogen) atoms. The van der Waals surface area contributed by atoms with Crippen LogP contribution >= 0.6 is 11.6 Å². The number of alkyl halides is 1. The fraction of sp³-hybridized carbons (Fsp3) is 0.455. The lowest BCUT2D eigenvalue weighted by atomic mass is 10.2. The maximum Gasteiger partial charge on any atom is 0.119 e. The van der Waals surface area contributed by atoms with E-state index in [1.807, 2.05) is 24.3 Å². The summed E-state index contributed by atoms with van der Waals surface area (Å²) in [6, 6.07) is 7.89. The summed E-state index contributed by atoms with van der Waals surface area (Å²) in [6.07, 6.45) is 0. The molecule has 0 spiro atoms. The van der Waals surface area contributed by atoms with Gasteiger partial charge in [0.15, 0.2) is 0 Å². The first-order valence-corrected chi connectivity index (χ1v) is 5.03. The second kappa shape index (κ2) is 5.13. The smallest absolute Gasteiger partial charge is 0.119 e. The molecule has 0 N–H and O–H groups in total. The summed E-state index contributed by atoms with van der Waals surface area (Å²) in [5.74, 6) is 2.04. The van der Waals surface area contributed by atoms with Crippen LogP contribution in [-0.2, 0) is 5.88 Å². The van der Waals surface area contributed by atoms with Crippen LogP contribution in [0.25, 0.3) is 0 Å². The van der Waals surface area contributed by atoms with Crippen molar-refractivity contribution in [1.82, 2.24) is 0 Å². The molecule has 1 rings (SSSR count). The lowest BCUT2D eigenvalue weighted by molar-refractivity contribution is 0.271. The van der Waals surface area contributed by atoms with E-state index in [2.05, 4.69) is 13.8 Å². The molecule has 0 aromatic heterocycles. The van der Waals surface area contributed by atoms with Gasteiger partial charge in [0.25, 0.3) is 0 Å². The Labute approximate surface area is 84.7 Å². The quantitative estimate of drug-likeness (QED) is 0.674. The van der Waals surface area contributed by atoms with Crippen molar-refractivity contribution in [2.75, 3.05) is 6.61 Å². The van der Waals surface area contributed by atoms with E-state index in [0.29, 0.717) is 11.8 Å². The number of benzene rings is 1. The molecule has 1 aromatic rings. The van der Waals surface area contributed by atoms with Crippen LogP contribution in [0.4, 0.5) is 0 Å². The third kappa shape index (κ3) is 3.69. The van der Waals surface area contributed by atoms with Gasteiger partial charge in [-0.1, -0.05) is 26.0 Å². The lowest BCUT2D eigenvalue weighted by Gasteiger charge is -2.08. The maximum absolute atomic E-state index is 5.67. The van der Waals surface area contributed by atoms with Crippen LogP contribution in [0.1, 0.15) is 19.4 Å². The minimum Gasteiger partial charge on any atom is -0.493 e.